The van der Waals surface area contributed by atoms with Gasteiger partial charge in [0.05, 0.1) is 12.1 Å². The van der Waals surface area contributed by atoms with Gasteiger partial charge in [-0.2, -0.15) is 0 Å². The standard InChI is InChI=1S/C15H16N4O/c1-2-6-13-11(5-1)12(9-16-13)15-18-17-14(20-15)10-19-7-3-4-8-19/h1-2,5-6,9,16H,3-4,7-8,10H2. The molecule has 20 heavy (non-hydrogen) atoms. The second kappa shape index (κ2) is 4.76. The predicted octanol–water partition coefficient (Wildman–Crippen LogP) is 2.81. The van der Waals surface area contributed by atoms with Gasteiger partial charge in [-0.05, 0) is 32.0 Å². The molecule has 5 nitrogen and oxygen atoms in total. The zero-order valence-corrected chi connectivity index (χ0v) is 11.2. The van der Waals surface area contributed by atoms with Gasteiger partial charge in [-0.15, -0.1) is 10.2 Å². The molecule has 1 aliphatic heterocycles. The van der Waals surface area contributed by atoms with Crippen LogP contribution >= 0.6 is 0 Å². The Hall–Kier alpha value is -2.14. The molecule has 0 atom stereocenters. The monoisotopic (exact) mass is 268 g/mol. The summed E-state index contributed by atoms with van der Waals surface area (Å²) in [5.74, 6) is 1.30. The van der Waals surface area contributed by atoms with E-state index >= 15 is 0 Å². The van der Waals surface area contributed by atoms with Crippen molar-refractivity contribution < 1.29 is 4.42 Å². The van der Waals surface area contributed by atoms with Gasteiger partial charge in [0.1, 0.15) is 0 Å². The summed E-state index contributed by atoms with van der Waals surface area (Å²) in [6, 6.07) is 8.13. The van der Waals surface area contributed by atoms with Gasteiger partial charge in [0.15, 0.2) is 0 Å². The molecule has 4 rings (SSSR count). The summed E-state index contributed by atoms with van der Waals surface area (Å²) in [4.78, 5) is 5.58. The Morgan fingerprint density at radius 3 is 2.90 bits per heavy atom. The molecule has 1 aliphatic rings. The van der Waals surface area contributed by atoms with Crippen molar-refractivity contribution in [1.82, 2.24) is 20.1 Å². The number of nitrogens with zero attached hydrogens (tertiary/aromatic N) is 3. The Bertz CT molecular complexity index is 724. The number of nitrogens with one attached hydrogen (secondary N) is 1. The lowest BCUT2D eigenvalue weighted by atomic mass is 10.2. The number of aromatic nitrogens is 3. The number of fused-ring (bicyclic) bond motifs is 1. The number of aromatic amines is 1. The van der Waals surface area contributed by atoms with E-state index in [2.05, 4.69) is 26.1 Å². The van der Waals surface area contributed by atoms with Gasteiger partial charge >= 0.3 is 0 Å². The summed E-state index contributed by atoms with van der Waals surface area (Å²) < 4.78 is 5.81. The summed E-state index contributed by atoms with van der Waals surface area (Å²) in [5.41, 5.74) is 2.06. The van der Waals surface area contributed by atoms with E-state index in [1.165, 1.54) is 12.8 Å². The third kappa shape index (κ3) is 2.00. The van der Waals surface area contributed by atoms with Crippen molar-refractivity contribution in [1.29, 1.82) is 0 Å². The molecule has 0 amide bonds. The third-order valence-corrected chi connectivity index (χ3v) is 3.84. The maximum absolute atomic E-state index is 5.81. The van der Waals surface area contributed by atoms with E-state index in [1.807, 2.05) is 24.4 Å². The molecular weight excluding hydrogens is 252 g/mol. The molecule has 1 aromatic carbocycles. The van der Waals surface area contributed by atoms with Crippen LogP contribution < -0.4 is 0 Å². The van der Waals surface area contributed by atoms with E-state index in [4.69, 9.17) is 4.42 Å². The van der Waals surface area contributed by atoms with Gasteiger partial charge in [-0.3, -0.25) is 4.90 Å². The first-order chi connectivity index (χ1) is 9.90. The summed E-state index contributed by atoms with van der Waals surface area (Å²) >= 11 is 0. The van der Waals surface area contributed by atoms with Gasteiger partial charge in [0, 0.05) is 17.1 Å². The maximum atomic E-state index is 5.81. The van der Waals surface area contributed by atoms with E-state index in [1.54, 1.807) is 0 Å². The molecule has 3 heterocycles. The normalized spacial score (nSPS) is 16.2. The minimum absolute atomic E-state index is 0.594. The van der Waals surface area contributed by atoms with Crippen molar-refractivity contribution in [2.45, 2.75) is 19.4 Å². The molecule has 102 valence electrons. The SMILES string of the molecule is c1ccc2c(-c3nnc(CN4CCCC4)o3)c[nH]c2c1. The quantitative estimate of drug-likeness (QED) is 0.793. The lowest BCUT2D eigenvalue weighted by Crippen LogP contribution is -2.18. The smallest absolute Gasteiger partial charge is 0.249 e. The van der Waals surface area contributed by atoms with Gasteiger partial charge in [0.2, 0.25) is 11.8 Å². The molecule has 0 spiro atoms. The van der Waals surface area contributed by atoms with Crippen molar-refractivity contribution in [3.8, 4) is 11.5 Å². The molecule has 1 N–H and O–H groups in total. The Labute approximate surface area is 116 Å². The Kier molecular flexibility index (Phi) is 2.77. The van der Waals surface area contributed by atoms with Crippen LogP contribution in [0.2, 0.25) is 0 Å². The zero-order valence-electron chi connectivity index (χ0n) is 11.2. The molecule has 1 saturated heterocycles. The van der Waals surface area contributed by atoms with E-state index < -0.39 is 0 Å². The van der Waals surface area contributed by atoms with Crippen LogP contribution in [0.15, 0.2) is 34.9 Å². The predicted molar refractivity (Wildman–Crippen MR) is 76.1 cm³/mol. The van der Waals surface area contributed by atoms with Crippen LogP contribution in [-0.2, 0) is 6.54 Å². The van der Waals surface area contributed by atoms with Crippen molar-refractivity contribution in [2.24, 2.45) is 0 Å². The number of hydrogen-bond donors (Lipinski definition) is 1. The molecule has 0 unspecified atom stereocenters. The lowest BCUT2D eigenvalue weighted by molar-refractivity contribution is 0.292. The molecule has 1 fully saturated rings. The summed E-state index contributed by atoms with van der Waals surface area (Å²) in [6.07, 6.45) is 4.46. The summed E-state index contributed by atoms with van der Waals surface area (Å²) in [7, 11) is 0. The number of H-pyrrole nitrogens is 1. The molecule has 0 aliphatic carbocycles. The van der Waals surface area contributed by atoms with Crippen LogP contribution in [0.3, 0.4) is 0 Å². The molecular formula is C15H16N4O. The third-order valence-electron chi connectivity index (χ3n) is 3.84. The van der Waals surface area contributed by atoms with Crippen LogP contribution in [0, 0.1) is 0 Å². The van der Waals surface area contributed by atoms with Crippen molar-refractivity contribution in [2.75, 3.05) is 13.1 Å². The summed E-state index contributed by atoms with van der Waals surface area (Å²) in [5, 5.41) is 9.47. The maximum Gasteiger partial charge on any atom is 0.249 e. The minimum Gasteiger partial charge on any atom is -0.419 e. The van der Waals surface area contributed by atoms with Gasteiger partial charge in [-0.25, -0.2) is 0 Å². The van der Waals surface area contributed by atoms with Crippen LogP contribution in [0.4, 0.5) is 0 Å². The number of hydrogen-bond acceptors (Lipinski definition) is 4. The fourth-order valence-corrected chi connectivity index (χ4v) is 2.81. The van der Waals surface area contributed by atoms with Gasteiger partial charge in [0.25, 0.3) is 0 Å². The average Bonchev–Trinajstić information content (AvgIpc) is 3.18. The van der Waals surface area contributed by atoms with Gasteiger partial charge in [-0.1, -0.05) is 18.2 Å². The molecule has 2 aromatic heterocycles. The van der Waals surface area contributed by atoms with Crippen LogP contribution in [0.25, 0.3) is 22.4 Å². The fourth-order valence-electron chi connectivity index (χ4n) is 2.81. The zero-order chi connectivity index (χ0) is 13.4. The van der Waals surface area contributed by atoms with Crippen LogP contribution in [-0.4, -0.2) is 33.2 Å². The van der Waals surface area contributed by atoms with E-state index in [-0.39, 0.29) is 0 Å². The van der Waals surface area contributed by atoms with E-state index in [0.29, 0.717) is 11.8 Å². The highest BCUT2D eigenvalue weighted by molar-refractivity contribution is 5.93. The highest BCUT2D eigenvalue weighted by atomic mass is 16.4. The first-order valence-corrected chi connectivity index (χ1v) is 7.01. The van der Waals surface area contributed by atoms with Gasteiger partial charge < -0.3 is 9.40 Å². The van der Waals surface area contributed by atoms with E-state index in [0.717, 1.165) is 36.1 Å². The molecule has 5 heteroatoms. The lowest BCUT2D eigenvalue weighted by Gasteiger charge is -2.10. The van der Waals surface area contributed by atoms with Crippen molar-refractivity contribution in [3.05, 3.63) is 36.4 Å². The van der Waals surface area contributed by atoms with E-state index in [9.17, 15) is 0 Å². The largest absolute Gasteiger partial charge is 0.419 e. The first kappa shape index (κ1) is 11.7. The van der Waals surface area contributed by atoms with Crippen molar-refractivity contribution >= 4 is 10.9 Å². The number of para-hydroxylation sites is 1. The second-order valence-electron chi connectivity index (χ2n) is 5.23. The fraction of sp³-hybridized carbons (Fsp3) is 0.333. The number of likely N-dealkylation sites (tertiary alicyclic amines) is 1. The highest BCUT2D eigenvalue weighted by Crippen LogP contribution is 2.27. The second-order valence-corrected chi connectivity index (χ2v) is 5.23. The molecule has 3 aromatic rings. The minimum atomic E-state index is 0.594. The number of rotatable bonds is 3. The molecule has 0 radical (unpaired) electrons. The summed E-state index contributed by atoms with van der Waals surface area (Å²) in [6.45, 7) is 3.02. The molecule has 0 bridgehead atoms. The van der Waals surface area contributed by atoms with Crippen LogP contribution in [0.1, 0.15) is 18.7 Å². The first-order valence-electron chi connectivity index (χ1n) is 7.01. The Morgan fingerprint density at radius 2 is 2.00 bits per heavy atom. The van der Waals surface area contributed by atoms with Crippen molar-refractivity contribution in [3.63, 3.8) is 0 Å². The van der Waals surface area contributed by atoms with Crippen LogP contribution in [0.5, 0.6) is 0 Å². The number of benzene rings is 1. The topological polar surface area (TPSA) is 58.0 Å². The Morgan fingerprint density at radius 1 is 1.15 bits per heavy atom. The Balaban J connectivity index is 1.64. The highest BCUT2D eigenvalue weighted by Gasteiger charge is 2.17. The average molecular weight is 268 g/mol. The molecule has 0 saturated carbocycles.